The number of hydrogen-bond acceptors (Lipinski definition) is 9. The molecule has 0 amide bonds. The van der Waals surface area contributed by atoms with E-state index in [-0.39, 0.29) is 6.61 Å². The van der Waals surface area contributed by atoms with Gasteiger partial charge in [0.15, 0.2) is 5.82 Å². The fourth-order valence-corrected chi connectivity index (χ4v) is 1.74. The van der Waals surface area contributed by atoms with Gasteiger partial charge in [0.2, 0.25) is 11.8 Å². The molecule has 104 valence electrons. The van der Waals surface area contributed by atoms with Gasteiger partial charge in [0, 0.05) is 26.4 Å². The molecule has 0 bridgehead atoms. The Hall–Kier alpha value is -1.58. The minimum absolute atomic E-state index is 0.180. The number of aliphatic hydroxyl groups excluding tert-OH is 1. The van der Waals surface area contributed by atoms with Crippen LogP contribution in [0.2, 0.25) is 0 Å². The van der Waals surface area contributed by atoms with E-state index in [1.165, 1.54) is 6.20 Å². The van der Waals surface area contributed by atoms with Crippen molar-refractivity contribution in [1.29, 1.82) is 0 Å². The Morgan fingerprint density at radius 3 is 3.16 bits per heavy atom. The van der Waals surface area contributed by atoms with Crippen molar-refractivity contribution in [2.45, 2.75) is 19.4 Å². The second kappa shape index (κ2) is 7.12. The van der Waals surface area contributed by atoms with E-state index in [0.717, 1.165) is 11.7 Å². The number of rotatable bonds is 8. The zero-order chi connectivity index (χ0) is 13.5. The van der Waals surface area contributed by atoms with Crippen LogP contribution in [0.3, 0.4) is 0 Å². The van der Waals surface area contributed by atoms with Crippen LogP contribution in [-0.4, -0.2) is 49.8 Å². The van der Waals surface area contributed by atoms with Crippen LogP contribution in [0.25, 0.3) is 0 Å². The Labute approximate surface area is 114 Å². The molecule has 19 heavy (non-hydrogen) atoms. The van der Waals surface area contributed by atoms with Gasteiger partial charge in [-0.05, 0) is 0 Å². The summed E-state index contributed by atoms with van der Waals surface area (Å²) in [5.41, 5.74) is 0. The summed E-state index contributed by atoms with van der Waals surface area (Å²) in [4.78, 5) is 4.08. The number of aryl methyl sites for hydroxylation is 1. The lowest BCUT2D eigenvalue weighted by Gasteiger charge is -2.11. The maximum absolute atomic E-state index is 9.67. The first-order chi connectivity index (χ1) is 9.24. The van der Waals surface area contributed by atoms with Crippen LogP contribution in [0.5, 0.6) is 5.88 Å². The van der Waals surface area contributed by atoms with Gasteiger partial charge < -0.3 is 19.7 Å². The highest BCUT2D eigenvalue weighted by Crippen LogP contribution is 2.05. The van der Waals surface area contributed by atoms with Gasteiger partial charge in [-0.15, -0.1) is 4.37 Å². The van der Waals surface area contributed by atoms with Gasteiger partial charge in [0.25, 0.3) is 0 Å². The number of nitrogens with one attached hydrogen (secondary N) is 1. The Morgan fingerprint density at radius 2 is 2.47 bits per heavy atom. The molecule has 0 saturated heterocycles. The van der Waals surface area contributed by atoms with Gasteiger partial charge in [0.1, 0.15) is 18.9 Å². The minimum atomic E-state index is -0.603. The summed E-state index contributed by atoms with van der Waals surface area (Å²) in [7, 11) is 0. The highest BCUT2D eigenvalue weighted by atomic mass is 32.1. The zero-order valence-electron chi connectivity index (χ0n) is 10.4. The van der Waals surface area contributed by atoms with Gasteiger partial charge in [-0.25, -0.2) is 0 Å². The summed E-state index contributed by atoms with van der Waals surface area (Å²) in [6.07, 6.45) is 1.57. The van der Waals surface area contributed by atoms with Crippen molar-refractivity contribution in [1.82, 2.24) is 24.2 Å². The van der Waals surface area contributed by atoms with Crippen molar-refractivity contribution >= 4 is 11.7 Å². The molecule has 0 spiro atoms. The van der Waals surface area contributed by atoms with Crippen LogP contribution >= 0.6 is 11.7 Å². The molecule has 1 atom stereocenters. The molecule has 0 saturated carbocycles. The zero-order valence-corrected chi connectivity index (χ0v) is 11.3. The van der Waals surface area contributed by atoms with Crippen LogP contribution in [0.15, 0.2) is 10.7 Å². The maximum atomic E-state index is 9.67. The molecule has 2 aromatic heterocycles. The van der Waals surface area contributed by atoms with E-state index >= 15 is 0 Å². The van der Waals surface area contributed by atoms with Crippen molar-refractivity contribution in [3.63, 3.8) is 0 Å². The fourth-order valence-electron chi connectivity index (χ4n) is 1.37. The van der Waals surface area contributed by atoms with Gasteiger partial charge in [-0.3, -0.25) is 0 Å². The van der Waals surface area contributed by atoms with Gasteiger partial charge in [-0.1, -0.05) is 5.16 Å². The normalized spacial score (nSPS) is 12.5. The maximum Gasteiger partial charge on any atom is 0.245 e. The lowest BCUT2D eigenvalue weighted by Crippen LogP contribution is -2.32. The summed E-state index contributed by atoms with van der Waals surface area (Å²) in [6, 6.07) is 0. The quantitative estimate of drug-likeness (QED) is 0.642. The first-order valence-corrected chi connectivity index (χ1v) is 6.55. The van der Waals surface area contributed by atoms with Crippen molar-refractivity contribution in [3.05, 3.63) is 17.9 Å². The first-order valence-electron chi connectivity index (χ1n) is 5.82. The molecule has 0 radical (unpaired) electrons. The molecule has 8 nitrogen and oxygen atoms in total. The van der Waals surface area contributed by atoms with Gasteiger partial charge in [-0.2, -0.15) is 9.36 Å². The Kier molecular flexibility index (Phi) is 5.19. The Balaban J connectivity index is 1.55. The van der Waals surface area contributed by atoms with E-state index < -0.39 is 6.10 Å². The monoisotopic (exact) mass is 285 g/mol. The minimum Gasteiger partial charge on any atom is -0.473 e. The lowest BCUT2D eigenvalue weighted by molar-refractivity contribution is 0.104. The molecule has 0 aliphatic heterocycles. The highest BCUT2D eigenvalue weighted by Gasteiger charge is 2.07. The fraction of sp³-hybridized carbons (Fsp3) is 0.600. The molecule has 2 heterocycles. The number of aliphatic hydroxyl groups is 1. The summed E-state index contributed by atoms with van der Waals surface area (Å²) < 4.78 is 17.8. The number of ether oxygens (including phenoxy) is 1. The number of nitrogens with zero attached hydrogens (tertiary/aromatic N) is 4. The number of hydrogen-bond donors (Lipinski definition) is 2. The van der Waals surface area contributed by atoms with E-state index in [0.29, 0.717) is 37.1 Å². The van der Waals surface area contributed by atoms with Gasteiger partial charge in [0.05, 0.1) is 11.7 Å². The van der Waals surface area contributed by atoms with Crippen molar-refractivity contribution in [2.24, 2.45) is 0 Å². The van der Waals surface area contributed by atoms with E-state index in [4.69, 9.17) is 9.26 Å². The van der Waals surface area contributed by atoms with E-state index in [1.807, 2.05) is 0 Å². The third-order valence-electron chi connectivity index (χ3n) is 2.24. The highest BCUT2D eigenvalue weighted by molar-refractivity contribution is 6.99. The van der Waals surface area contributed by atoms with Crippen molar-refractivity contribution < 1.29 is 14.4 Å². The molecule has 2 N–H and O–H groups in total. The molecule has 2 aromatic rings. The topological polar surface area (TPSA) is 106 Å². The SMILES string of the molecule is Cc1nc(CCNCC(O)COc2cnsn2)no1. The van der Waals surface area contributed by atoms with Crippen LogP contribution in [0, 0.1) is 6.92 Å². The van der Waals surface area contributed by atoms with Crippen LogP contribution in [0.4, 0.5) is 0 Å². The third-order valence-corrected chi connectivity index (χ3v) is 2.70. The van der Waals surface area contributed by atoms with Crippen molar-refractivity contribution in [2.75, 3.05) is 19.7 Å². The lowest BCUT2D eigenvalue weighted by atomic mass is 10.3. The van der Waals surface area contributed by atoms with E-state index in [9.17, 15) is 5.11 Å². The third kappa shape index (κ3) is 4.89. The summed E-state index contributed by atoms with van der Waals surface area (Å²) in [5.74, 6) is 1.65. The van der Waals surface area contributed by atoms with Crippen LogP contribution in [-0.2, 0) is 6.42 Å². The van der Waals surface area contributed by atoms with Gasteiger partial charge >= 0.3 is 0 Å². The second-order valence-corrected chi connectivity index (χ2v) is 4.45. The van der Waals surface area contributed by atoms with Crippen LogP contribution in [0.1, 0.15) is 11.7 Å². The molecule has 9 heteroatoms. The predicted octanol–water partition coefficient (Wildman–Crippen LogP) is -0.198. The molecule has 1 unspecified atom stereocenters. The predicted molar refractivity (Wildman–Crippen MR) is 67.0 cm³/mol. The number of aromatic nitrogens is 4. The average molecular weight is 285 g/mol. The molecule has 0 aromatic carbocycles. The summed E-state index contributed by atoms with van der Waals surface area (Å²) in [6.45, 7) is 3.01. The summed E-state index contributed by atoms with van der Waals surface area (Å²) in [5, 5.41) is 16.5. The first kappa shape index (κ1) is 13.8. The Bertz CT molecular complexity index is 475. The standard InChI is InChI=1S/C10H15N5O3S/c1-7-13-9(14-18-7)2-3-11-4-8(16)6-17-10-5-12-19-15-10/h5,8,11,16H,2-4,6H2,1H3. The molecule has 2 rings (SSSR count). The molecule has 0 aliphatic carbocycles. The summed E-state index contributed by atoms with van der Waals surface area (Å²) >= 11 is 1.07. The largest absolute Gasteiger partial charge is 0.473 e. The van der Waals surface area contributed by atoms with E-state index in [2.05, 4.69) is 24.2 Å². The molecule has 0 fully saturated rings. The molecular formula is C10H15N5O3S. The second-order valence-electron chi connectivity index (χ2n) is 3.89. The van der Waals surface area contributed by atoms with Crippen molar-refractivity contribution in [3.8, 4) is 5.88 Å². The van der Waals surface area contributed by atoms with Crippen LogP contribution < -0.4 is 10.1 Å². The smallest absolute Gasteiger partial charge is 0.245 e. The average Bonchev–Trinajstić information content (AvgIpc) is 3.04. The Morgan fingerprint density at radius 1 is 1.58 bits per heavy atom. The van der Waals surface area contributed by atoms with E-state index in [1.54, 1.807) is 6.92 Å². The molecular weight excluding hydrogens is 270 g/mol. The molecule has 0 aliphatic rings.